The van der Waals surface area contributed by atoms with E-state index in [9.17, 15) is 14.7 Å². The van der Waals surface area contributed by atoms with E-state index >= 15 is 0 Å². The van der Waals surface area contributed by atoms with Gasteiger partial charge >= 0.3 is 12.0 Å². The highest BCUT2D eigenvalue weighted by Crippen LogP contribution is 2.22. The predicted molar refractivity (Wildman–Crippen MR) is 72.3 cm³/mol. The third-order valence-electron chi connectivity index (χ3n) is 3.64. The minimum absolute atomic E-state index is 0.309. The molecular formula is C14H20N2O4. The van der Waals surface area contributed by atoms with E-state index in [2.05, 4.69) is 5.32 Å². The zero-order valence-electron chi connectivity index (χ0n) is 11.5. The van der Waals surface area contributed by atoms with Gasteiger partial charge in [-0.15, -0.1) is 0 Å². The van der Waals surface area contributed by atoms with Crippen LogP contribution in [0.2, 0.25) is 0 Å². The van der Waals surface area contributed by atoms with E-state index in [4.69, 9.17) is 4.42 Å². The molecule has 0 aromatic carbocycles. The van der Waals surface area contributed by atoms with Crippen molar-refractivity contribution in [1.82, 2.24) is 10.2 Å². The zero-order valence-corrected chi connectivity index (χ0v) is 11.5. The number of nitrogens with one attached hydrogen (secondary N) is 1. The Labute approximate surface area is 117 Å². The fraction of sp³-hybridized carbons (Fsp3) is 0.571. The van der Waals surface area contributed by atoms with Gasteiger partial charge in [-0.1, -0.05) is 6.92 Å². The van der Waals surface area contributed by atoms with Crippen molar-refractivity contribution in [3.63, 3.8) is 0 Å². The summed E-state index contributed by atoms with van der Waals surface area (Å²) in [6.07, 6.45) is 3.54. The molecule has 6 heteroatoms. The summed E-state index contributed by atoms with van der Waals surface area (Å²) in [5.74, 6) is 0.202. The SMILES string of the molecule is CC1CCN(C(=O)NCCc2ccco2)C(C(=O)O)C1. The minimum Gasteiger partial charge on any atom is -0.480 e. The number of carboxylic acid groups (broad SMARTS) is 1. The molecule has 1 aliphatic rings. The van der Waals surface area contributed by atoms with Gasteiger partial charge in [-0.2, -0.15) is 0 Å². The van der Waals surface area contributed by atoms with Crippen LogP contribution in [0, 0.1) is 5.92 Å². The molecule has 20 heavy (non-hydrogen) atoms. The van der Waals surface area contributed by atoms with Crippen LogP contribution in [0.1, 0.15) is 25.5 Å². The second kappa shape index (κ2) is 6.45. The van der Waals surface area contributed by atoms with Crippen LogP contribution in [0.5, 0.6) is 0 Å². The number of hydrogen-bond acceptors (Lipinski definition) is 3. The lowest BCUT2D eigenvalue weighted by Gasteiger charge is -2.35. The van der Waals surface area contributed by atoms with E-state index in [1.54, 1.807) is 12.3 Å². The second-order valence-electron chi connectivity index (χ2n) is 5.24. The lowest BCUT2D eigenvalue weighted by molar-refractivity contribution is -0.143. The number of urea groups is 1. The summed E-state index contributed by atoms with van der Waals surface area (Å²) >= 11 is 0. The molecule has 0 saturated carbocycles. The number of carboxylic acids is 1. The predicted octanol–water partition coefficient (Wildman–Crippen LogP) is 1.72. The molecule has 2 atom stereocenters. The van der Waals surface area contributed by atoms with Gasteiger partial charge in [0.1, 0.15) is 11.8 Å². The Morgan fingerprint density at radius 2 is 2.35 bits per heavy atom. The van der Waals surface area contributed by atoms with Gasteiger partial charge in [-0.25, -0.2) is 9.59 Å². The van der Waals surface area contributed by atoms with E-state index in [1.807, 2.05) is 13.0 Å². The maximum absolute atomic E-state index is 12.1. The summed E-state index contributed by atoms with van der Waals surface area (Å²) in [4.78, 5) is 24.7. The highest BCUT2D eigenvalue weighted by molar-refractivity contribution is 5.82. The highest BCUT2D eigenvalue weighted by Gasteiger charge is 2.34. The van der Waals surface area contributed by atoms with Crippen molar-refractivity contribution < 1.29 is 19.1 Å². The largest absolute Gasteiger partial charge is 0.480 e. The van der Waals surface area contributed by atoms with Crippen LogP contribution in [-0.2, 0) is 11.2 Å². The van der Waals surface area contributed by atoms with Gasteiger partial charge in [0.25, 0.3) is 0 Å². The maximum atomic E-state index is 12.1. The van der Waals surface area contributed by atoms with E-state index in [1.165, 1.54) is 4.90 Å². The van der Waals surface area contributed by atoms with Gasteiger partial charge in [0.15, 0.2) is 0 Å². The smallest absolute Gasteiger partial charge is 0.326 e. The summed E-state index contributed by atoms with van der Waals surface area (Å²) in [7, 11) is 0. The quantitative estimate of drug-likeness (QED) is 0.879. The summed E-state index contributed by atoms with van der Waals surface area (Å²) < 4.78 is 5.18. The lowest BCUT2D eigenvalue weighted by atomic mass is 9.93. The highest BCUT2D eigenvalue weighted by atomic mass is 16.4. The Bertz CT molecular complexity index is 458. The molecule has 2 N–H and O–H groups in total. The summed E-state index contributed by atoms with van der Waals surface area (Å²) in [6.45, 7) is 2.94. The van der Waals surface area contributed by atoms with Crippen molar-refractivity contribution in [2.24, 2.45) is 5.92 Å². The molecule has 2 amide bonds. The normalized spacial score (nSPS) is 22.6. The molecule has 6 nitrogen and oxygen atoms in total. The van der Waals surface area contributed by atoms with Crippen LogP contribution in [0.25, 0.3) is 0 Å². The number of likely N-dealkylation sites (tertiary alicyclic amines) is 1. The zero-order chi connectivity index (χ0) is 14.5. The number of aliphatic carboxylic acids is 1. The lowest BCUT2D eigenvalue weighted by Crippen LogP contribution is -2.53. The summed E-state index contributed by atoms with van der Waals surface area (Å²) in [6, 6.07) is 2.61. The molecule has 1 aromatic heterocycles. The first-order chi connectivity index (χ1) is 9.58. The minimum atomic E-state index is -0.933. The van der Waals surface area contributed by atoms with Crippen LogP contribution < -0.4 is 5.32 Å². The molecule has 1 saturated heterocycles. The molecule has 1 aliphatic heterocycles. The van der Waals surface area contributed by atoms with Gasteiger partial charge in [-0.3, -0.25) is 0 Å². The number of furan rings is 1. The number of hydrogen-bond donors (Lipinski definition) is 2. The van der Waals surface area contributed by atoms with Gasteiger partial charge in [0, 0.05) is 19.5 Å². The number of rotatable bonds is 4. The Balaban J connectivity index is 1.85. The first kappa shape index (κ1) is 14.4. The average molecular weight is 280 g/mol. The van der Waals surface area contributed by atoms with Crippen LogP contribution in [0.15, 0.2) is 22.8 Å². The van der Waals surface area contributed by atoms with Crippen molar-refractivity contribution in [2.75, 3.05) is 13.1 Å². The average Bonchev–Trinajstić information content (AvgIpc) is 2.91. The number of carbonyl (C=O) groups is 2. The molecule has 0 spiro atoms. The third-order valence-corrected chi connectivity index (χ3v) is 3.64. The molecule has 1 aromatic rings. The Morgan fingerprint density at radius 1 is 1.55 bits per heavy atom. The molecule has 110 valence electrons. The summed E-state index contributed by atoms with van der Waals surface area (Å²) in [5, 5.41) is 12.0. The van der Waals surface area contributed by atoms with Crippen LogP contribution in [0.3, 0.4) is 0 Å². The molecule has 0 aliphatic carbocycles. The van der Waals surface area contributed by atoms with Crippen LogP contribution in [0.4, 0.5) is 4.79 Å². The number of carbonyl (C=O) groups excluding carboxylic acids is 1. The third kappa shape index (κ3) is 3.53. The Morgan fingerprint density at radius 3 is 3.00 bits per heavy atom. The standard InChI is InChI=1S/C14H20N2O4/c1-10-5-7-16(12(9-10)13(17)18)14(19)15-6-4-11-3-2-8-20-11/h2-3,8,10,12H,4-7,9H2,1H3,(H,15,19)(H,17,18). The second-order valence-corrected chi connectivity index (χ2v) is 5.24. The first-order valence-electron chi connectivity index (χ1n) is 6.87. The Kier molecular flexibility index (Phi) is 4.65. The van der Waals surface area contributed by atoms with E-state index in [-0.39, 0.29) is 6.03 Å². The summed E-state index contributed by atoms with van der Waals surface area (Å²) in [5.41, 5.74) is 0. The first-order valence-corrected chi connectivity index (χ1v) is 6.87. The van der Waals surface area contributed by atoms with Crippen molar-refractivity contribution in [3.05, 3.63) is 24.2 Å². The van der Waals surface area contributed by atoms with Gasteiger partial charge in [-0.05, 0) is 30.9 Å². The number of nitrogens with zero attached hydrogens (tertiary/aromatic N) is 1. The van der Waals surface area contributed by atoms with Crippen molar-refractivity contribution in [1.29, 1.82) is 0 Å². The van der Waals surface area contributed by atoms with Crippen molar-refractivity contribution in [2.45, 2.75) is 32.2 Å². The fourth-order valence-corrected chi connectivity index (χ4v) is 2.47. The van der Waals surface area contributed by atoms with Crippen molar-refractivity contribution in [3.8, 4) is 0 Å². The molecule has 0 bridgehead atoms. The fourth-order valence-electron chi connectivity index (χ4n) is 2.47. The number of amides is 2. The molecular weight excluding hydrogens is 260 g/mol. The monoisotopic (exact) mass is 280 g/mol. The van der Waals surface area contributed by atoms with Gasteiger partial charge in [0.05, 0.1) is 6.26 Å². The van der Waals surface area contributed by atoms with E-state index in [0.29, 0.717) is 31.8 Å². The topological polar surface area (TPSA) is 82.8 Å². The van der Waals surface area contributed by atoms with Gasteiger partial charge in [0.2, 0.25) is 0 Å². The Hall–Kier alpha value is -1.98. The van der Waals surface area contributed by atoms with Crippen LogP contribution >= 0.6 is 0 Å². The van der Waals surface area contributed by atoms with E-state index < -0.39 is 12.0 Å². The number of piperidine rings is 1. The van der Waals surface area contributed by atoms with Crippen molar-refractivity contribution >= 4 is 12.0 Å². The maximum Gasteiger partial charge on any atom is 0.326 e. The molecule has 2 unspecified atom stereocenters. The molecule has 0 radical (unpaired) electrons. The molecule has 2 rings (SSSR count). The van der Waals surface area contributed by atoms with Crippen LogP contribution in [-0.4, -0.2) is 41.1 Å². The van der Waals surface area contributed by atoms with Gasteiger partial charge < -0.3 is 19.7 Å². The van der Waals surface area contributed by atoms with E-state index in [0.717, 1.165) is 12.2 Å². The molecule has 2 heterocycles. The molecule has 1 fully saturated rings.